The Bertz CT molecular complexity index is 617. The molecule has 0 amide bonds. The number of Topliss-reactive ketones (excluding diaryl/α,β-unsaturated/α-hetero) is 2. The van der Waals surface area contributed by atoms with Gasteiger partial charge in [-0.2, -0.15) is 0 Å². The Morgan fingerprint density at radius 3 is 1.85 bits per heavy atom. The fraction of sp³-hybridized carbons (Fsp3) is 0.267. The molecule has 0 fully saturated rings. The summed E-state index contributed by atoms with van der Waals surface area (Å²) in [6, 6.07) is 0. The van der Waals surface area contributed by atoms with Crippen molar-refractivity contribution in [3.8, 4) is 0 Å². The SMILES string of the molecule is CC1=CC(C)(N=C2C=C(Cl)C(=O)C(Cl)=C2)C=C(C)C1=O. The zero-order valence-corrected chi connectivity index (χ0v) is 12.8. The molecule has 20 heavy (non-hydrogen) atoms. The zero-order valence-electron chi connectivity index (χ0n) is 11.3. The van der Waals surface area contributed by atoms with Crippen LogP contribution in [0.4, 0.5) is 0 Å². The molecule has 2 aliphatic carbocycles. The van der Waals surface area contributed by atoms with Gasteiger partial charge in [0.1, 0.15) is 0 Å². The molecule has 0 heterocycles. The summed E-state index contributed by atoms with van der Waals surface area (Å²) >= 11 is 11.6. The maximum atomic E-state index is 11.8. The highest BCUT2D eigenvalue weighted by molar-refractivity contribution is 6.57. The van der Waals surface area contributed by atoms with E-state index < -0.39 is 11.3 Å². The van der Waals surface area contributed by atoms with Crippen LogP contribution < -0.4 is 0 Å². The third-order valence-corrected chi connectivity index (χ3v) is 3.65. The van der Waals surface area contributed by atoms with Gasteiger partial charge >= 0.3 is 0 Å². The summed E-state index contributed by atoms with van der Waals surface area (Å²) in [7, 11) is 0. The Kier molecular flexibility index (Phi) is 3.85. The summed E-state index contributed by atoms with van der Waals surface area (Å²) in [5.41, 5.74) is 1.14. The highest BCUT2D eigenvalue weighted by Gasteiger charge is 2.27. The van der Waals surface area contributed by atoms with Gasteiger partial charge in [-0.05, 0) is 56.2 Å². The van der Waals surface area contributed by atoms with E-state index in [2.05, 4.69) is 4.99 Å². The van der Waals surface area contributed by atoms with Gasteiger partial charge in [0.25, 0.3) is 0 Å². The van der Waals surface area contributed by atoms with Crippen LogP contribution in [0.1, 0.15) is 20.8 Å². The second-order valence-electron chi connectivity index (χ2n) is 5.06. The summed E-state index contributed by atoms with van der Waals surface area (Å²) in [5, 5.41) is 0.0706. The maximum absolute atomic E-state index is 11.8. The van der Waals surface area contributed by atoms with Crippen LogP contribution in [0.15, 0.2) is 50.5 Å². The molecule has 0 spiro atoms. The third kappa shape index (κ3) is 2.84. The first-order valence-electron chi connectivity index (χ1n) is 6.04. The standard InChI is InChI=1S/C15H13Cl2NO2/c1-8-6-15(3,7-9(2)13(8)19)18-10-4-11(16)14(20)12(17)5-10/h4-7H,1-3H3. The van der Waals surface area contributed by atoms with E-state index in [0.29, 0.717) is 16.9 Å². The topological polar surface area (TPSA) is 46.5 Å². The number of aliphatic imine (C=N–C) groups is 1. The summed E-state index contributed by atoms with van der Waals surface area (Å²) < 4.78 is 0. The second kappa shape index (κ2) is 5.15. The molecule has 0 atom stereocenters. The summed E-state index contributed by atoms with van der Waals surface area (Å²) in [6.45, 7) is 5.39. The molecule has 3 nitrogen and oxygen atoms in total. The van der Waals surface area contributed by atoms with Crippen molar-refractivity contribution < 1.29 is 9.59 Å². The minimum absolute atomic E-state index is 0.0173. The third-order valence-electron chi connectivity index (χ3n) is 3.09. The lowest BCUT2D eigenvalue weighted by atomic mass is 9.87. The molecule has 0 saturated heterocycles. The van der Waals surface area contributed by atoms with E-state index >= 15 is 0 Å². The van der Waals surface area contributed by atoms with Crippen LogP contribution in [0.25, 0.3) is 0 Å². The average Bonchev–Trinajstić information content (AvgIpc) is 2.32. The van der Waals surface area contributed by atoms with Gasteiger partial charge < -0.3 is 0 Å². The van der Waals surface area contributed by atoms with E-state index in [1.165, 1.54) is 12.2 Å². The maximum Gasteiger partial charge on any atom is 0.215 e. The Morgan fingerprint density at radius 1 is 0.950 bits per heavy atom. The summed E-state index contributed by atoms with van der Waals surface area (Å²) in [5.74, 6) is -0.390. The fourth-order valence-corrected chi connectivity index (χ4v) is 2.79. The van der Waals surface area contributed by atoms with Crippen molar-refractivity contribution in [3.63, 3.8) is 0 Å². The lowest BCUT2D eigenvalue weighted by molar-refractivity contribution is -0.112. The van der Waals surface area contributed by atoms with Gasteiger partial charge in [0.15, 0.2) is 5.78 Å². The number of hydrogen-bond donors (Lipinski definition) is 0. The van der Waals surface area contributed by atoms with Crippen LogP contribution in [-0.4, -0.2) is 22.8 Å². The van der Waals surface area contributed by atoms with Crippen molar-refractivity contribution in [1.29, 1.82) is 0 Å². The number of allylic oxidation sites excluding steroid dienone is 6. The van der Waals surface area contributed by atoms with Gasteiger partial charge in [0.2, 0.25) is 5.78 Å². The molecule has 5 heteroatoms. The molecule has 0 aromatic rings. The smallest absolute Gasteiger partial charge is 0.215 e. The molecule has 104 valence electrons. The highest BCUT2D eigenvalue weighted by atomic mass is 35.5. The number of hydrogen-bond acceptors (Lipinski definition) is 3. The van der Waals surface area contributed by atoms with Gasteiger partial charge in [0, 0.05) is 0 Å². The molecule has 0 aromatic heterocycles. The molecule has 0 aromatic carbocycles. The van der Waals surface area contributed by atoms with E-state index in [9.17, 15) is 9.59 Å². The molecule has 0 bridgehead atoms. The largest absolute Gasteiger partial charge is 0.289 e. The van der Waals surface area contributed by atoms with E-state index in [1.54, 1.807) is 26.0 Å². The predicted octanol–water partition coefficient (Wildman–Crippen LogP) is 3.49. The van der Waals surface area contributed by atoms with Crippen molar-refractivity contribution >= 4 is 40.5 Å². The number of rotatable bonds is 1. The molecular weight excluding hydrogens is 297 g/mol. The molecule has 0 radical (unpaired) electrons. The fourth-order valence-electron chi connectivity index (χ4n) is 2.31. The van der Waals surface area contributed by atoms with Crippen molar-refractivity contribution in [2.45, 2.75) is 26.3 Å². The highest BCUT2D eigenvalue weighted by Crippen LogP contribution is 2.28. The van der Waals surface area contributed by atoms with Gasteiger partial charge in [-0.15, -0.1) is 0 Å². The zero-order chi connectivity index (χ0) is 15.1. The summed E-state index contributed by atoms with van der Waals surface area (Å²) in [6.07, 6.45) is 6.53. The first-order valence-corrected chi connectivity index (χ1v) is 6.80. The lowest BCUT2D eigenvalue weighted by Gasteiger charge is -2.24. The Morgan fingerprint density at radius 2 is 1.40 bits per heavy atom. The van der Waals surface area contributed by atoms with Crippen molar-refractivity contribution in [2.24, 2.45) is 4.99 Å². The minimum atomic E-state index is -0.654. The first kappa shape index (κ1) is 14.9. The molecular formula is C15H13Cl2NO2. The number of nitrogens with zero attached hydrogens (tertiary/aromatic N) is 1. The molecule has 2 aliphatic rings. The molecule has 0 aliphatic heterocycles. The molecule has 0 saturated carbocycles. The number of ketones is 2. The van der Waals surface area contributed by atoms with Gasteiger partial charge in [-0.1, -0.05) is 23.2 Å². The second-order valence-corrected chi connectivity index (χ2v) is 5.87. The van der Waals surface area contributed by atoms with Crippen LogP contribution in [0, 0.1) is 0 Å². The van der Waals surface area contributed by atoms with E-state index in [0.717, 1.165) is 0 Å². The van der Waals surface area contributed by atoms with E-state index in [4.69, 9.17) is 23.2 Å². The molecule has 2 rings (SSSR count). The van der Waals surface area contributed by atoms with Gasteiger partial charge in [-0.25, -0.2) is 0 Å². The number of carbonyl (C=O) groups is 2. The predicted molar refractivity (Wildman–Crippen MR) is 81.2 cm³/mol. The normalized spacial score (nSPS) is 21.9. The lowest BCUT2D eigenvalue weighted by Crippen LogP contribution is -2.25. The van der Waals surface area contributed by atoms with Crippen LogP contribution in [-0.2, 0) is 9.59 Å². The van der Waals surface area contributed by atoms with Crippen molar-refractivity contribution in [1.82, 2.24) is 0 Å². The Balaban J connectivity index is 2.46. The van der Waals surface area contributed by atoms with Crippen LogP contribution in [0.3, 0.4) is 0 Å². The Hall–Kier alpha value is -1.45. The Labute approximate surface area is 127 Å². The van der Waals surface area contributed by atoms with Gasteiger partial charge in [-0.3, -0.25) is 14.6 Å². The van der Waals surface area contributed by atoms with Crippen LogP contribution >= 0.6 is 23.2 Å². The monoisotopic (exact) mass is 309 g/mol. The van der Waals surface area contributed by atoms with E-state index in [-0.39, 0.29) is 15.8 Å². The van der Waals surface area contributed by atoms with Gasteiger partial charge in [0.05, 0.1) is 21.3 Å². The van der Waals surface area contributed by atoms with Crippen LogP contribution in [0.5, 0.6) is 0 Å². The minimum Gasteiger partial charge on any atom is -0.289 e. The van der Waals surface area contributed by atoms with Crippen molar-refractivity contribution in [3.05, 3.63) is 45.5 Å². The number of halogens is 2. The first-order chi connectivity index (χ1) is 9.22. The average molecular weight is 310 g/mol. The van der Waals surface area contributed by atoms with Crippen LogP contribution in [0.2, 0.25) is 0 Å². The summed E-state index contributed by atoms with van der Waals surface area (Å²) in [4.78, 5) is 27.8. The van der Waals surface area contributed by atoms with E-state index in [1.807, 2.05) is 6.92 Å². The number of carbonyl (C=O) groups excluding carboxylic acids is 2. The molecule has 0 N–H and O–H groups in total. The van der Waals surface area contributed by atoms with Crippen molar-refractivity contribution in [2.75, 3.05) is 0 Å². The quantitative estimate of drug-likeness (QED) is 0.696. The molecule has 0 unspecified atom stereocenters.